The Morgan fingerprint density at radius 3 is 1.48 bits per heavy atom. The highest BCUT2D eigenvalue weighted by Crippen LogP contribution is 2.54. The van der Waals surface area contributed by atoms with Gasteiger partial charge in [0.2, 0.25) is 0 Å². The molecule has 0 amide bonds. The van der Waals surface area contributed by atoms with Gasteiger partial charge >= 0.3 is 0 Å². The van der Waals surface area contributed by atoms with Crippen LogP contribution in [0.15, 0.2) is 152 Å². The van der Waals surface area contributed by atoms with Crippen molar-refractivity contribution in [1.82, 2.24) is 4.67 Å². The number of aliphatic hydroxyl groups is 1. The number of nitro benzene ring substituents is 2. The van der Waals surface area contributed by atoms with Crippen LogP contribution in [0.25, 0.3) is 35.4 Å². The molecule has 0 aromatic heterocycles. The van der Waals surface area contributed by atoms with Crippen molar-refractivity contribution in [3.05, 3.63) is 233 Å². The number of nitro groups is 2. The van der Waals surface area contributed by atoms with Gasteiger partial charge in [-0.05, 0) is 157 Å². The standard InChI is InChI=1S/C75H87N4O13P/c1-53(2)77(54(3)4)93(91-42-13-39-76)92-52-56(6)69-48-58(24-36-73(69)79(83)84)18-20-60-22-34-67-66-33-21-59(49-70(66)74(71(67)50-60,37-43-88-41-14-40-80)38-44-89-46-45-85-7)19-17-57-23-35-72(78(81)82)68(47-57)55(5)51-90-75(61-15-11-10-12-16-61,62-25-29-64(86-8)30-26-62)63-27-31-65(87-9)32-28-63/h10-12,15-36,47-50,53-56,80H,13-14,37-38,40-46,51-52H2,1-9H3/b19-17+,20-18+. The molecule has 0 aliphatic heterocycles. The maximum atomic E-state index is 12.9. The molecule has 0 radical (unpaired) electrons. The van der Waals surface area contributed by atoms with Crippen molar-refractivity contribution in [1.29, 1.82) is 5.26 Å². The van der Waals surface area contributed by atoms with Gasteiger partial charge in [0.05, 0.1) is 69.6 Å². The molecular weight excluding hydrogens is 1200 g/mol. The highest BCUT2D eigenvalue weighted by molar-refractivity contribution is 7.44. The molecule has 490 valence electrons. The predicted octanol–water partition coefficient (Wildman–Crippen LogP) is 16.5. The third-order valence-electron chi connectivity index (χ3n) is 16.9. The molecular formula is C75H87N4O13P. The van der Waals surface area contributed by atoms with Gasteiger partial charge in [-0.2, -0.15) is 5.26 Å². The van der Waals surface area contributed by atoms with Gasteiger partial charge in [-0.25, -0.2) is 4.67 Å². The monoisotopic (exact) mass is 1280 g/mol. The minimum absolute atomic E-state index is 0.00229. The number of fused-ring (bicyclic) bond motifs is 3. The number of rotatable bonds is 37. The summed E-state index contributed by atoms with van der Waals surface area (Å²) in [7, 11) is 3.34. The molecule has 7 aromatic carbocycles. The van der Waals surface area contributed by atoms with Crippen LogP contribution in [0.3, 0.4) is 0 Å². The molecule has 93 heavy (non-hydrogen) atoms. The third-order valence-corrected chi connectivity index (χ3v) is 19.0. The fraction of sp³-hybridized carbons (Fsp3) is 0.373. The zero-order chi connectivity index (χ0) is 66.5. The summed E-state index contributed by atoms with van der Waals surface area (Å²) in [6.45, 7) is 14.7. The van der Waals surface area contributed by atoms with Crippen molar-refractivity contribution in [3.63, 3.8) is 0 Å². The van der Waals surface area contributed by atoms with Crippen LogP contribution in [0.2, 0.25) is 0 Å². The van der Waals surface area contributed by atoms with Crippen molar-refractivity contribution >= 4 is 44.2 Å². The maximum Gasteiger partial charge on any atom is 0.272 e. The van der Waals surface area contributed by atoms with Gasteiger partial charge in [0.1, 0.15) is 17.1 Å². The minimum atomic E-state index is -1.55. The first-order valence-electron chi connectivity index (χ1n) is 31.7. The van der Waals surface area contributed by atoms with E-state index in [1.807, 2.05) is 129 Å². The molecule has 0 saturated carbocycles. The summed E-state index contributed by atoms with van der Waals surface area (Å²) < 4.78 is 50.9. The van der Waals surface area contributed by atoms with Crippen LogP contribution in [0.5, 0.6) is 11.5 Å². The lowest BCUT2D eigenvalue weighted by Gasteiger charge is -2.37. The highest BCUT2D eigenvalue weighted by Gasteiger charge is 2.44. The van der Waals surface area contributed by atoms with Crippen LogP contribution in [0.1, 0.15) is 140 Å². The summed E-state index contributed by atoms with van der Waals surface area (Å²) in [5, 5.41) is 44.3. The quantitative estimate of drug-likeness (QED) is 0.00959. The first kappa shape index (κ1) is 70.9. The van der Waals surface area contributed by atoms with E-state index in [2.05, 4.69) is 74.8 Å². The number of hydrogen-bond donors (Lipinski definition) is 1. The zero-order valence-electron chi connectivity index (χ0n) is 54.8. The molecule has 17 nitrogen and oxygen atoms in total. The lowest BCUT2D eigenvalue weighted by atomic mass is 9.72. The van der Waals surface area contributed by atoms with Gasteiger partial charge < -0.3 is 42.6 Å². The largest absolute Gasteiger partial charge is 0.497 e. The molecule has 0 bridgehead atoms. The Morgan fingerprint density at radius 1 is 0.570 bits per heavy atom. The molecule has 1 aliphatic carbocycles. The second-order valence-corrected chi connectivity index (χ2v) is 25.2. The molecule has 0 saturated heterocycles. The van der Waals surface area contributed by atoms with Crippen LogP contribution < -0.4 is 9.47 Å². The first-order chi connectivity index (χ1) is 45.0. The maximum absolute atomic E-state index is 12.9. The second-order valence-electron chi connectivity index (χ2n) is 23.8. The number of benzene rings is 7. The Labute approximate surface area is 548 Å². The smallest absolute Gasteiger partial charge is 0.272 e. The lowest BCUT2D eigenvalue weighted by Crippen LogP contribution is -2.34. The molecule has 7 aromatic rings. The molecule has 1 N–H and O–H groups in total. The SMILES string of the molecule is COCCOCCC1(CCOCCCO)c2cc(/C=C/c3ccc([N+](=O)[O-])c(C(C)COP(OCCC#N)N(C(C)C)C(C)C)c3)ccc2-c2ccc(/C=C/c3ccc([N+](=O)[O-])c(C(C)COC(c4ccccc4)(c4ccc(OC)cc4)c4ccc(OC)cc4)c3)cc21. The molecule has 0 fully saturated rings. The van der Waals surface area contributed by atoms with Crippen molar-refractivity contribution in [3.8, 4) is 28.7 Å². The van der Waals surface area contributed by atoms with Crippen molar-refractivity contribution in [2.24, 2.45) is 0 Å². The second kappa shape index (κ2) is 34.3. The molecule has 18 heteroatoms. The van der Waals surface area contributed by atoms with Crippen LogP contribution >= 0.6 is 8.53 Å². The van der Waals surface area contributed by atoms with E-state index in [1.54, 1.807) is 45.6 Å². The molecule has 8 rings (SSSR count). The molecule has 0 heterocycles. The topological polar surface area (TPSA) is 207 Å². The number of aliphatic hydroxyl groups excluding tert-OH is 1. The van der Waals surface area contributed by atoms with E-state index < -0.39 is 25.5 Å². The van der Waals surface area contributed by atoms with E-state index in [-0.39, 0.29) is 72.1 Å². The van der Waals surface area contributed by atoms with E-state index in [1.165, 1.54) is 0 Å². The van der Waals surface area contributed by atoms with E-state index in [4.69, 9.17) is 37.5 Å². The summed E-state index contributed by atoms with van der Waals surface area (Å²) >= 11 is 0. The van der Waals surface area contributed by atoms with Gasteiger partial charge in [-0.3, -0.25) is 20.2 Å². The van der Waals surface area contributed by atoms with Crippen LogP contribution in [0, 0.1) is 31.6 Å². The Morgan fingerprint density at radius 2 is 1.03 bits per heavy atom. The number of ether oxygens (including phenoxy) is 6. The number of methoxy groups -OCH3 is 3. The molecule has 4 unspecified atom stereocenters. The molecule has 1 aliphatic rings. The van der Waals surface area contributed by atoms with Gasteiger partial charge in [0.15, 0.2) is 0 Å². The Hall–Kier alpha value is -7.98. The molecule has 0 spiro atoms. The van der Waals surface area contributed by atoms with E-state index in [0.717, 1.165) is 61.2 Å². The summed E-state index contributed by atoms with van der Waals surface area (Å²) in [6.07, 6.45) is 9.95. The van der Waals surface area contributed by atoms with Crippen molar-refractivity contribution < 1.29 is 52.4 Å². The normalized spacial score (nSPS) is 14.8. The summed E-state index contributed by atoms with van der Waals surface area (Å²) in [6, 6.07) is 51.1. The predicted molar refractivity (Wildman–Crippen MR) is 367 cm³/mol. The van der Waals surface area contributed by atoms with Gasteiger partial charge in [-0.15, -0.1) is 0 Å². The summed E-state index contributed by atoms with van der Waals surface area (Å²) in [5.41, 5.74) is 9.63. The average molecular weight is 1280 g/mol. The van der Waals surface area contributed by atoms with Gasteiger partial charge in [-0.1, -0.05) is 129 Å². The van der Waals surface area contributed by atoms with Gasteiger partial charge in [0, 0.05) is 86.1 Å². The van der Waals surface area contributed by atoms with Crippen molar-refractivity contribution in [2.75, 3.05) is 80.8 Å². The Bertz CT molecular complexity index is 3610. The van der Waals surface area contributed by atoms with Crippen LogP contribution in [0.4, 0.5) is 11.4 Å². The Kier molecular flexibility index (Phi) is 26.1. The minimum Gasteiger partial charge on any atom is -0.497 e. The average Bonchev–Trinajstić information content (AvgIpc) is 1.75. The molecule has 4 atom stereocenters. The van der Waals surface area contributed by atoms with E-state index >= 15 is 0 Å². The third kappa shape index (κ3) is 17.4. The summed E-state index contributed by atoms with van der Waals surface area (Å²) in [4.78, 5) is 24.7. The zero-order valence-corrected chi connectivity index (χ0v) is 55.7. The van der Waals surface area contributed by atoms with Crippen LogP contribution in [-0.4, -0.2) is 112 Å². The van der Waals surface area contributed by atoms with Crippen LogP contribution in [-0.2, 0) is 39.0 Å². The lowest BCUT2D eigenvalue weighted by molar-refractivity contribution is -0.385. The number of hydrogen-bond acceptors (Lipinski definition) is 15. The highest BCUT2D eigenvalue weighted by atomic mass is 31.2. The fourth-order valence-corrected chi connectivity index (χ4v) is 14.0. The van der Waals surface area contributed by atoms with Crippen molar-refractivity contribution in [2.45, 2.75) is 102 Å². The number of nitrogens with zero attached hydrogens (tertiary/aromatic N) is 4. The van der Waals surface area contributed by atoms with Gasteiger partial charge in [0.25, 0.3) is 19.9 Å². The summed E-state index contributed by atoms with van der Waals surface area (Å²) in [5.74, 6) is 0.557. The Balaban J connectivity index is 1.12. The van der Waals surface area contributed by atoms with E-state index in [9.17, 15) is 30.6 Å². The first-order valence-corrected chi connectivity index (χ1v) is 32.8. The fourth-order valence-electron chi connectivity index (χ4n) is 12.3. The van der Waals surface area contributed by atoms with E-state index in [0.29, 0.717) is 74.9 Å². The number of nitriles is 1.